The van der Waals surface area contributed by atoms with Crippen molar-refractivity contribution >= 4 is 44.3 Å². The number of aromatic nitrogens is 2. The van der Waals surface area contributed by atoms with Crippen LogP contribution in [0.3, 0.4) is 0 Å². The van der Waals surface area contributed by atoms with Crippen LogP contribution in [0.5, 0.6) is 0 Å². The standard InChI is InChI=1S/C26H23ClFN3O4S/c1-17-5-7-21(8-6-17)36(33,34)31-25(27)22(9-10-28)23-14-19(15-29-26(23)31)18-3-2-4-20(13-18)30-11-12-35-16-24(30)32/h2-8,13-15H,9-12,16H2,1H3. The van der Waals surface area contributed by atoms with Crippen LogP contribution in [0.1, 0.15) is 11.1 Å². The van der Waals surface area contributed by atoms with Gasteiger partial charge in [-0.25, -0.2) is 17.4 Å². The van der Waals surface area contributed by atoms with Crippen LogP contribution in [0.4, 0.5) is 10.1 Å². The molecule has 0 bridgehead atoms. The van der Waals surface area contributed by atoms with Crippen molar-refractivity contribution < 1.29 is 22.3 Å². The number of fused-ring (bicyclic) bond motifs is 1. The van der Waals surface area contributed by atoms with Crippen molar-refractivity contribution in [3.05, 3.63) is 77.1 Å². The first-order chi connectivity index (χ1) is 17.3. The number of carbonyl (C=O) groups is 1. The van der Waals surface area contributed by atoms with E-state index in [1.165, 1.54) is 12.1 Å². The molecule has 1 saturated heterocycles. The second-order valence-electron chi connectivity index (χ2n) is 8.53. The van der Waals surface area contributed by atoms with Crippen LogP contribution in [0, 0.1) is 6.92 Å². The summed E-state index contributed by atoms with van der Waals surface area (Å²) in [6.07, 6.45) is 1.50. The lowest BCUT2D eigenvalue weighted by molar-refractivity contribution is -0.125. The molecule has 0 unspecified atom stereocenters. The van der Waals surface area contributed by atoms with Gasteiger partial charge in [0.25, 0.3) is 15.9 Å². The molecular weight excluding hydrogens is 505 g/mol. The number of carbonyl (C=O) groups excluding carboxylic acids is 1. The van der Waals surface area contributed by atoms with E-state index in [1.54, 1.807) is 29.3 Å². The Morgan fingerprint density at radius 1 is 1.11 bits per heavy atom. The summed E-state index contributed by atoms with van der Waals surface area (Å²) in [5.41, 5.74) is 3.61. The van der Waals surface area contributed by atoms with Crippen LogP contribution in [-0.2, 0) is 26.0 Å². The molecule has 4 aromatic rings. The fourth-order valence-electron chi connectivity index (χ4n) is 4.34. The summed E-state index contributed by atoms with van der Waals surface area (Å²) in [7, 11) is -4.07. The average Bonchev–Trinajstić information content (AvgIpc) is 3.16. The van der Waals surface area contributed by atoms with Gasteiger partial charge in [0, 0.05) is 41.4 Å². The van der Waals surface area contributed by atoms with Crippen LogP contribution >= 0.6 is 11.6 Å². The summed E-state index contributed by atoms with van der Waals surface area (Å²) in [6.45, 7) is 2.10. The molecule has 5 rings (SSSR count). The Balaban J connectivity index is 1.64. The maximum Gasteiger partial charge on any atom is 0.270 e. The van der Waals surface area contributed by atoms with Gasteiger partial charge in [0.2, 0.25) is 0 Å². The van der Waals surface area contributed by atoms with Crippen molar-refractivity contribution in [1.82, 2.24) is 8.96 Å². The smallest absolute Gasteiger partial charge is 0.270 e. The monoisotopic (exact) mass is 527 g/mol. The number of amides is 1. The minimum atomic E-state index is -4.07. The average molecular weight is 528 g/mol. The van der Waals surface area contributed by atoms with E-state index < -0.39 is 16.7 Å². The number of halogens is 2. The highest BCUT2D eigenvalue weighted by molar-refractivity contribution is 7.90. The molecule has 1 aliphatic rings. The molecule has 7 nitrogen and oxygen atoms in total. The normalized spacial score (nSPS) is 14.5. The lowest BCUT2D eigenvalue weighted by Crippen LogP contribution is -2.41. The summed E-state index contributed by atoms with van der Waals surface area (Å²) in [5.74, 6) is -0.123. The van der Waals surface area contributed by atoms with E-state index in [9.17, 15) is 17.6 Å². The van der Waals surface area contributed by atoms with E-state index in [4.69, 9.17) is 16.3 Å². The maximum atomic E-state index is 13.5. The number of rotatable bonds is 6. The topological polar surface area (TPSA) is 81.5 Å². The molecule has 2 aromatic carbocycles. The Labute approximate surface area is 213 Å². The highest BCUT2D eigenvalue weighted by Gasteiger charge is 2.27. The van der Waals surface area contributed by atoms with Gasteiger partial charge >= 0.3 is 0 Å². The van der Waals surface area contributed by atoms with Crippen LogP contribution in [0.25, 0.3) is 22.2 Å². The summed E-state index contributed by atoms with van der Waals surface area (Å²) >= 11 is 6.56. The van der Waals surface area contributed by atoms with Crippen molar-refractivity contribution in [3.63, 3.8) is 0 Å². The molecule has 0 spiro atoms. The molecule has 1 fully saturated rings. The highest BCUT2D eigenvalue weighted by atomic mass is 35.5. The molecule has 0 aliphatic carbocycles. The van der Waals surface area contributed by atoms with Gasteiger partial charge in [-0.05, 0) is 42.8 Å². The van der Waals surface area contributed by atoms with E-state index in [1.807, 2.05) is 31.2 Å². The number of hydrogen-bond donors (Lipinski definition) is 0. The van der Waals surface area contributed by atoms with E-state index in [0.29, 0.717) is 29.7 Å². The van der Waals surface area contributed by atoms with Crippen LogP contribution in [0.2, 0.25) is 5.15 Å². The molecule has 1 amide bonds. The predicted molar refractivity (Wildman–Crippen MR) is 137 cm³/mol. The molecule has 1 aliphatic heterocycles. The molecule has 0 atom stereocenters. The number of pyridine rings is 1. The van der Waals surface area contributed by atoms with E-state index in [2.05, 4.69) is 4.98 Å². The Kier molecular flexibility index (Phi) is 6.55. The maximum absolute atomic E-state index is 13.5. The van der Waals surface area contributed by atoms with Gasteiger partial charge in [0.1, 0.15) is 11.8 Å². The predicted octanol–water partition coefficient (Wildman–Crippen LogP) is 4.78. The summed E-state index contributed by atoms with van der Waals surface area (Å²) < 4.78 is 46.7. The Bertz CT molecular complexity index is 1570. The van der Waals surface area contributed by atoms with E-state index in [-0.39, 0.29) is 34.6 Å². The fraction of sp³-hybridized carbons (Fsp3) is 0.231. The molecule has 10 heteroatoms. The third-order valence-electron chi connectivity index (χ3n) is 6.19. The summed E-state index contributed by atoms with van der Waals surface area (Å²) in [6, 6.07) is 15.6. The molecule has 0 saturated carbocycles. The van der Waals surface area contributed by atoms with Gasteiger partial charge in [-0.3, -0.25) is 9.18 Å². The van der Waals surface area contributed by atoms with Crippen LogP contribution in [-0.4, -0.2) is 49.7 Å². The van der Waals surface area contributed by atoms with Gasteiger partial charge in [-0.15, -0.1) is 0 Å². The lowest BCUT2D eigenvalue weighted by Gasteiger charge is -2.27. The zero-order valence-corrected chi connectivity index (χ0v) is 21.0. The number of aryl methyl sites for hydroxylation is 2. The Morgan fingerprint density at radius 2 is 1.89 bits per heavy atom. The lowest BCUT2D eigenvalue weighted by atomic mass is 10.0. The molecular formula is C26H23ClFN3O4S. The molecule has 0 radical (unpaired) electrons. The number of alkyl halides is 1. The number of anilines is 1. The van der Waals surface area contributed by atoms with Crippen molar-refractivity contribution in [2.75, 3.05) is 31.3 Å². The van der Waals surface area contributed by atoms with Crippen LogP contribution < -0.4 is 4.90 Å². The molecule has 0 N–H and O–H groups in total. The molecule has 36 heavy (non-hydrogen) atoms. The second kappa shape index (κ2) is 9.65. The Morgan fingerprint density at radius 3 is 2.61 bits per heavy atom. The summed E-state index contributed by atoms with van der Waals surface area (Å²) in [4.78, 5) is 18.5. The molecule has 3 heterocycles. The van der Waals surface area contributed by atoms with Crippen LogP contribution in [0.15, 0.2) is 65.7 Å². The molecule has 2 aromatic heterocycles. The minimum Gasteiger partial charge on any atom is -0.370 e. The van der Waals surface area contributed by atoms with Crippen molar-refractivity contribution in [3.8, 4) is 11.1 Å². The third-order valence-corrected chi connectivity index (χ3v) is 8.39. The fourth-order valence-corrected chi connectivity index (χ4v) is 6.27. The number of hydrogen-bond acceptors (Lipinski definition) is 5. The zero-order chi connectivity index (χ0) is 25.4. The van der Waals surface area contributed by atoms with E-state index >= 15 is 0 Å². The van der Waals surface area contributed by atoms with Gasteiger partial charge in [-0.2, -0.15) is 0 Å². The van der Waals surface area contributed by atoms with Gasteiger partial charge in [0.05, 0.1) is 18.2 Å². The largest absolute Gasteiger partial charge is 0.370 e. The van der Waals surface area contributed by atoms with Gasteiger partial charge < -0.3 is 9.64 Å². The zero-order valence-electron chi connectivity index (χ0n) is 19.4. The summed E-state index contributed by atoms with van der Waals surface area (Å²) in [5, 5.41) is 0.374. The van der Waals surface area contributed by atoms with Gasteiger partial charge in [-0.1, -0.05) is 41.4 Å². The first kappa shape index (κ1) is 24.4. The first-order valence-corrected chi connectivity index (χ1v) is 13.2. The van der Waals surface area contributed by atoms with Crippen molar-refractivity contribution in [1.29, 1.82) is 0 Å². The highest BCUT2D eigenvalue weighted by Crippen LogP contribution is 2.36. The second-order valence-corrected chi connectivity index (χ2v) is 10.7. The minimum absolute atomic E-state index is 0.0335. The van der Waals surface area contributed by atoms with Gasteiger partial charge in [0.15, 0.2) is 5.65 Å². The number of nitrogens with zero attached hydrogens (tertiary/aromatic N) is 3. The number of benzene rings is 2. The first-order valence-electron chi connectivity index (χ1n) is 11.4. The van der Waals surface area contributed by atoms with Crippen molar-refractivity contribution in [2.45, 2.75) is 18.2 Å². The van der Waals surface area contributed by atoms with Crippen molar-refractivity contribution in [2.24, 2.45) is 0 Å². The molecule has 186 valence electrons. The quantitative estimate of drug-likeness (QED) is 0.360. The number of ether oxygens (including phenoxy) is 1. The van der Waals surface area contributed by atoms with E-state index in [0.717, 1.165) is 20.8 Å². The Hall–Kier alpha value is -3.27. The number of morpholine rings is 1. The third kappa shape index (κ3) is 4.27. The SMILES string of the molecule is Cc1ccc(S(=O)(=O)n2c(Cl)c(CCF)c3cc(-c4cccc(N5CCOCC5=O)c4)cnc32)cc1.